The van der Waals surface area contributed by atoms with Crippen molar-refractivity contribution in [2.24, 2.45) is 0 Å². The van der Waals surface area contributed by atoms with E-state index in [9.17, 15) is 4.79 Å². The number of hydrogen-bond acceptors (Lipinski definition) is 5. The van der Waals surface area contributed by atoms with Gasteiger partial charge in [0.05, 0.1) is 11.6 Å². The van der Waals surface area contributed by atoms with Gasteiger partial charge in [-0.15, -0.1) is 0 Å². The molecule has 1 heterocycles. The van der Waals surface area contributed by atoms with Gasteiger partial charge in [-0.05, 0) is 47.5 Å². The average molecular weight is 284 g/mol. The van der Waals surface area contributed by atoms with Gasteiger partial charge in [0.2, 0.25) is 0 Å². The standard InChI is InChI=1S/C15H28N2O3/c1-11(13(18)20-14(2,3)4)16-17-10-8-9-12(17)15(5,6)19-7/h12,16H,1,8-10H2,2-7H3/t12-/m0/s1. The highest BCUT2D eigenvalue weighted by Gasteiger charge is 2.38. The van der Waals surface area contributed by atoms with Crippen molar-refractivity contribution >= 4 is 5.97 Å². The summed E-state index contributed by atoms with van der Waals surface area (Å²) in [5, 5.41) is 2.02. The van der Waals surface area contributed by atoms with Gasteiger partial charge in [0.25, 0.3) is 0 Å². The Bertz CT molecular complexity index is 372. The molecule has 0 spiro atoms. The van der Waals surface area contributed by atoms with Crippen LogP contribution in [0.5, 0.6) is 0 Å². The maximum atomic E-state index is 11.9. The van der Waals surface area contributed by atoms with Crippen LogP contribution in [-0.2, 0) is 14.3 Å². The molecule has 20 heavy (non-hydrogen) atoms. The van der Waals surface area contributed by atoms with E-state index in [0.717, 1.165) is 19.4 Å². The molecule has 1 N–H and O–H groups in total. The minimum absolute atomic E-state index is 0.201. The molecule has 1 fully saturated rings. The van der Waals surface area contributed by atoms with E-state index < -0.39 is 11.6 Å². The van der Waals surface area contributed by atoms with E-state index in [2.05, 4.69) is 12.0 Å². The molecule has 0 aromatic carbocycles. The molecule has 0 amide bonds. The van der Waals surface area contributed by atoms with Crippen LogP contribution >= 0.6 is 0 Å². The maximum absolute atomic E-state index is 11.9. The average Bonchev–Trinajstić information content (AvgIpc) is 2.75. The highest BCUT2D eigenvalue weighted by atomic mass is 16.6. The fourth-order valence-electron chi connectivity index (χ4n) is 2.32. The SMILES string of the molecule is C=C(NN1CCC[C@H]1C(C)(C)OC)C(=O)OC(C)(C)C. The molecule has 1 aliphatic rings. The molecule has 1 rings (SSSR count). The van der Waals surface area contributed by atoms with Gasteiger partial charge in [-0.1, -0.05) is 6.58 Å². The summed E-state index contributed by atoms with van der Waals surface area (Å²) in [6.07, 6.45) is 2.08. The largest absolute Gasteiger partial charge is 0.455 e. The molecule has 0 aromatic heterocycles. The van der Waals surface area contributed by atoms with Crippen LogP contribution in [0.3, 0.4) is 0 Å². The summed E-state index contributed by atoms with van der Waals surface area (Å²) >= 11 is 0. The number of ether oxygens (including phenoxy) is 2. The first-order valence-electron chi connectivity index (χ1n) is 7.07. The van der Waals surface area contributed by atoms with Crippen LogP contribution < -0.4 is 5.43 Å². The molecule has 0 aliphatic carbocycles. The number of carbonyl (C=O) groups excluding carboxylic acids is 1. The molecular weight excluding hydrogens is 256 g/mol. The van der Waals surface area contributed by atoms with Crippen LogP contribution in [0.15, 0.2) is 12.3 Å². The van der Waals surface area contributed by atoms with E-state index in [1.54, 1.807) is 7.11 Å². The minimum atomic E-state index is -0.516. The molecule has 0 radical (unpaired) electrons. The zero-order valence-corrected chi connectivity index (χ0v) is 13.6. The van der Waals surface area contributed by atoms with Gasteiger partial charge in [-0.3, -0.25) is 0 Å². The third kappa shape index (κ3) is 4.49. The van der Waals surface area contributed by atoms with Crippen LogP contribution in [-0.4, -0.2) is 41.9 Å². The van der Waals surface area contributed by atoms with E-state index in [4.69, 9.17) is 9.47 Å². The smallest absolute Gasteiger partial charge is 0.355 e. The van der Waals surface area contributed by atoms with Crippen LogP contribution in [0.25, 0.3) is 0 Å². The lowest BCUT2D eigenvalue weighted by atomic mass is 9.97. The number of methoxy groups -OCH3 is 1. The van der Waals surface area contributed by atoms with E-state index in [0.29, 0.717) is 0 Å². The molecule has 116 valence electrons. The number of hydrogen-bond donors (Lipinski definition) is 1. The third-order valence-corrected chi connectivity index (χ3v) is 3.51. The van der Waals surface area contributed by atoms with Crippen molar-refractivity contribution in [3.63, 3.8) is 0 Å². The van der Waals surface area contributed by atoms with Crippen molar-refractivity contribution in [3.8, 4) is 0 Å². The van der Waals surface area contributed by atoms with Crippen LogP contribution in [0.1, 0.15) is 47.5 Å². The van der Waals surface area contributed by atoms with E-state index >= 15 is 0 Å². The summed E-state index contributed by atoms with van der Waals surface area (Å²) in [5.41, 5.74) is 2.54. The molecule has 1 atom stereocenters. The third-order valence-electron chi connectivity index (χ3n) is 3.51. The van der Waals surface area contributed by atoms with E-state index in [1.165, 1.54) is 0 Å². The number of rotatable bonds is 5. The Kier molecular flexibility index (Phi) is 5.21. The quantitative estimate of drug-likeness (QED) is 0.620. The zero-order chi connectivity index (χ0) is 15.6. The summed E-state index contributed by atoms with van der Waals surface area (Å²) in [6.45, 7) is 14.3. The zero-order valence-electron chi connectivity index (χ0n) is 13.6. The second-order valence-corrected chi connectivity index (χ2v) is 6.75. The Hall–Kier alpha value is -1.07. The summed E-state index contributed by atoms with van der Waals surface area (Å²) in [6, 6.07) is 0.201. The first-order valence-corrected chi connectivity index (χ1v) is 7.07. The Morgan fingerprint density at radius 2 is 1.90 bits per heavy atom. The lowest BCUT2D eigenvalue weighted by Gasteiger charge is -2.37. The Morgan fingerprint density at radius 1 is 1.30 bits per heavy atom. The highest BCUT2D eigenvalue weighted by Crippen LogP contribution is 2.28. The molecule has 0 aromatic rings. The van der Waals surface area contributed by atoms with Crippen molar-refractivity contribution in [2.75, 3.05) is 13.7 Å². The van der Waals surface area contributed by atoms with Crippen LogP contribution in [0, 0.1) is 0 Å². The Morgan fingerprint density at radius 3 is 2.40 bits per heavy atom. The highest BCUT2D eigenvalue weighted by molar-refractivity contribution is 5.87. The summed E-state index contributed by atoms with van der Waals surface area (Å²) in [5.74, 6) is -0.418. The molecule has 5 nitrogen and oxygen atoms in total. The van der Waals surface area contributed by atoms with Crippen molar-refractivity contribution in [2.45, 2.75) is 64.7 Å². The normalized spacial score (nSPS) is 20.8. The molecule has 0 bridgehead atoms. The van der Waals surface area contributed by atoms with Crippen LogP contribution in [0.2, 0.25) is 0 Å². The van der Waals surface area contributed by atoms with Gasteiger partial charge < -0.3 is 14.9 Å². The molecular formula is C15H28N2O3. The maximum Gasteiger partial charge on any atom is 0.355 e. The van der Waals surface area contributed by atoms with Gasteiger partial charge in [0.15, 0.2) is 0 Å². The monoisotopic (exact) mass is 284 g/mol. The Labute approximate surface area is 122 Å². The van der Waals surface area contributed by atoms with E-state index in [1.807, 2.05) is 39.6 Å². The fraction of sp³-hybridized carbons (Fsp3) is 0.800. The van der Waals surface area contributed by atoms with E-state index in [-0.39, 0.29) is 17.3 Å². The second kappa shape index (κ2) is 6.14. The van der Waals surface area contributed by atoms with Crippen molar-refractivity contribution in [1.29, 1.82) is 0 Å². The van der Waals surface area contributed by atoms with Gasteiger partial charge in [-0.25, -0.2) is 9.80 Å². The predicted molar refractivity (Wildman–Crippen MR) is 78.9 cm³/mol. The molecule has 5 heteroatoms. The molecule has 0 unspecified atom stereocenters. The van der Waals surface area contributed by atoms with Crippen molar-refractivity contribution in [1.82, 2.24) is 10.4 Å². The topological polar surface area (TPSA) is 50.8 Å². The molecule has 1 saturated heterocycles. The van der Waals surface area contributed by atoms with Gasteiger partial charge in [-0.2, -0.15) is 0 Å². The fourth-order valence-corrected chi connectivity index (χ4v) is 2.32. The predicted octanol–water partition coefficient (Wildman–Crippen LogP) is 2.24. The van der Waals surface area contributed by atoms with Gasteiger partial charge in [0.1, 0.15) is 11.3 Å². The van der Waals surface area contributed by atoms with Gasteiger partial charge in [0, 0.05) is 13.7 Å². The number of hydrazine groups is 1. The molecule has 1 aliphatic heterocycles. The lowest BCUT2D eigenvalue weighted by Crippen LogP contribution is -2.53. The lowest BCUT2D eigenvalue weighted by molar-refractivity contribution is -0.151. The van der Waals surface area contributed by atoms with Crippen LogP contribution in [0.4, 0.5) is 0 Å². The number of nitrogens with one attached hydrogen (secondary N) is 1. The molecule has 0 saturated carbocycles. The van der Waals surface area contributed by atoms with Crippen molar-refractivity contribution < 1.29 is 14.3 Å². The second-order valence-electron chi connectivity index (χ2n) is 6.75. The number of nitrogens with zero attached hydrogens (tertiary/aromatic N) is 1. The van der Waals surface area contributed by atoms with Crippen molar-refractivity contribution in [3.05, 3.63) is 12.3 Å². The summed E-state index contributed by atoms with van der Waals surface area (Å²) < 4.78 is 10.8. The number of esters is 1. The summed E-state index contributed by atoms with van der Waals surface area (Å²) in [7, 11) is 1.71. The minimum Gasteiger partial charge on any atom is -0.455 e. The Balaban J connectivity index is 2.63. The number of carbonyl (C=O) groups is 1. The first-order chi connectivity index (χ1) is 9.07. The first kappa shape index (κ1) is 17.0. The summed E-state index contributed by atoms with van der Waals surface area (Å²) in [4.78, 5) is 11.9. The van der Waals surface area contributed by atoms with Gasteiger partial charge >= 0.3 is 5.97 Å².